The normalized spacial score (nSPS) is 19.7. The van der Waals surface area contributed by atoms with Gasteiger partial charge in [0.05, 0.1) is 49.1 Å². The first-order chi connectivity index (χ1) is 35.7. The minimum Gasteiger partial charge on any atom is -0.412 e. The highest BCUT2D eigenvalue weighted by molar-refractivity contribution is 7.20. The number of amides is 2. The van der Waals surface area contributed by atoms with Crippen LogP contribution < -0.4 is 64.9 Å². The summed E-state index contributed by atoms with van der Waals surface area (Å²) in [5, 5.41) is 51.7. The summed E-state index contributed by atoms with van der Waals surface area (Å²) in [6.45, 7) is 41.6. The summed E-state index contributed by atoms with van der Waals surface area (Å²) in [4.78, 5) is 81.7. The van der Waals surface area contributed by atoms with E-state index in [-0.39, 0.29) is 75.5 Å². The van der Waals surface area contributed by atoms with Gasteiger partial charge in [0.2, 0.25) is 29.7 Å². The van der Waals surface area contributed by atoms with Gasteiger partial charge in [-0.2, -0.15) is 26.0 Å². The van der Waals surface area contributed by atoms with Crippen molar-refractivity contribution in [2.45, 2.75) is 206 Å². The number of aliphatic hydroxyl groups excluding tert-OH is 4. The average molecular weight is 1190 g/mol. The Morgan fingerprint density at radius 2 is 1.03 bits per heavy atom. The highest BCUT2D eigenvalue weighted by Gasteiger charge is 2.47. The number of aromatic amines is 3. The number of nitrogens with two attached hydrogens (primary N) is 3. The van der Waals surface area contributed by atoms with E-state index < -0.39 is 83.5 Å². The number of H-pyrrole nitrogens is 3. The minimum absolute atomic E-state index is 0.0255. The zero-order valence-electron chi connectivity index (χ0n) is 49.8. The third-order valence-corrected chi connectivity index (χ3v) is 29.6. The molecule has 6 rings (SSSR count). The minimum atomic E-state index is -2.10. The van der Waals surface area contributed by atoms with E-state index in [9.17, 15) is 44.4 Å². The molecule has 79 heavy (non-hydrogen) atoms. The van der Waals surface area contributed by atoms with E-state index >= 15 is 0 Å². The fraction of sp³-hybridized carbons (Fsp3) is 0.714. The number of nitrogens with zero attached hydrogens (tertiary/aromatic N) is 5. The number of hydrogen-bond donors (Lipinski definition) is 14. The first-order valence-corrected chi connectivity index (χ1v) is 36.1. The number of nitrogen functional groups attached to an aromatic ring is 3. The van der Waals surface area contributed by atoms with Crippen molar-refractivity contribution in [3.05, 3.63) is 31.1 Å². The smallest absolute Gasteiger partial charge is 0.278 e. The van der Waals surface area contributed by atoms with Crippen molar-refractivity contribution >= 4 is 99.3 Å². The van der Waals surface area contributed by atoms with Crippen molar-refractivity contribution in [3.63, 3.8) is 0 Å². The van der Waals surface area contributed by atoms with Crippen LogP contribution in [0, 0.1) is 0 Å². The van der Waals surface area contributed by atoms with Gasteiger partial charge in [0.1, 0.15) is 23.6 Å². The maximum absolute atomic E-state index is 12.5. The van der Waals surface area contributed by atoms with Crippen LogP contribution in [0.3, 0.4) is 0 Å². The summed E-state index contributed by atoms with van der Waals surface area (Å²) in [6, 6.07) is -1.60. The molecule has 3 aliphatic heterocycles. The molecule has 0 saturated carbocycles. The highest BCUT2D eigenvalue weighted by atomic mass is 35.6. The van der Waals surface area contributed by atoms with E-state index in [0.29, 0.717) is 35.5 Å². The number of fused-ring (bicyclic) bond motifs is 3. The Bertz CT molecular complexity index is 2760. The fourth-order valence-corrected chi connectivity index (χ4v) is 10.3. The molecule has 3 aliphatic rings. The Morgan fingerprint density at radius 1 is 0.633 bits per heavy atom. The quantitative estimate of drug-likeness (QED) is 0.100. The molecule has 0 aliphatic carbocycles. The van der Waals surface area contributed by atoms with Crippen LogP contribution in [0.2, 0.25) is 54.4 Å². The lowest BCUT2D eigenvalue weighted by molar-refractivity contribution is -0.120. The monoisotopic (exact) mass is 1190 g/mol. The van der Waals surface area contributed by atoms with Crippen molar-refractivity contribution < 1.29 is 38.9 Å². The van der Waals surface area contributed by atoms with E-state index in [2.05, 4.69) is 160 Å². The molecule has 2 amide bonds. The standard InChI is InChI=1S/C21H43N5O3Si2.C13H19N5O5.C9H15N5O3.C6H15ClSi/c1-13(28-30(8,9)20(2,3)4)16(29-31(10,11)21(5,6)7)14-12-23-17-15(24-14)18(27)26-19(22)25-17;1-5(19)10(22)8-4-17(6(2)20)11-9(18(8)7(3)21)12(23)16-13(14)15-11;1-3(15)6(16)4-2-11-7-5(12-4)8(17)14-9(10)13-7;1-6(2,3)8(4,5)7/h13-14,16,24H,12H2,1-11H3,(H4,22,23,25,26,27);5,8,10,19,22H,4H2,1-3H3,(H3,14,15,16,23);3-4,6,12,15-16H,2H2,1H3,(H4,10,11,13,14,17);1-5H3/t13-,14+,16+;5-,8+,10-;3-,4+,6-;/m000./s1. The topological polar surface area (TPSA) is 403 Å². The molecule has 6 heterocycles. The molecule has 9 atom stereocenters. The molecule has 0 spiro atoms. The number of halogens is 1. The lowest BCUT2D eigenvalue weighted by Crippen LogP contribution is -2.61. The number of nitrogens with one attached hydrogen (secondary N) is 7. The Balaban J connectivity index is 0.000000301. The molecule has 0 bridgehead atoms. The predicted octanol–water partition coefficient (Wildman–Crippen LogP) is 4.07. The second kappa shape index (κ2) is 25.8. The molecule has 0 saturated heterocycles. The zero-order valence-corrected chi connectivity index (χ0v) is 53.6. The van der Waals surface area contributed by atoms with E-state index in [1.807, 2.05) is 0 Å². The van der Waals surface area contributed by atoms with Crippen LogP contribution in [0.15, 0.2) is 14.4 Å². The van der Waals surface area contributed by atoms with Gasteiger partial charge in [-0.3, -0.25) is 48.7 Å². The van der Waals surface area contributed by atoms with E-state index in [0.717, 1.165) is 9.80 Å². The number of aromatic nitrogens is 6. The molecule has 448 valence electrons. The number of rotatable bonds is 10. The largest absolute Gasteiger partial charge is 0.412 e. The summed E-state index contributed by atoms with van der Waals surface area (Å²) in [5.74, 6) is -0.272. The molecule has 17 N–H and O–H groups in total. The van der Waals surface area contributed by atoms with Gasteiger partial charge >= 0.3 is 0 Å². The second-order valence-electron chi connectivity index (χ2n) is 24.9. The summed E-state index contributed by atoms with van der Waals surface area (Å²) >= 11 is 6.15. The fourth-order valence-electron chi connectivity index (χ4n) is 7.51. The van der Waals surface area contributed by atoms with Gasteiger partial charge < -0.3 is 67.7 Å². The van der Waals surface area contributed by atoms with Crippen LogP contribution in [0.4, 0.5) is 52.4 Å². The first-order valence-electron chi connectivity index (χ1n) is 26.3. The van der Waals surface area contributed by atoms with E-state index in [1.54, 1.807) is 0 Å². The maximum atomic E-state index is 12.5. The number of carbonyl (C=O) groups excluding carboxylic acids is 2. The van der Waals surface area contributed by atoms with Gasteiger partial charge in [-0.1, -0.05) is 75.4 Å². The molecule has 0 fully saturated rings. The van der Waals surface area contributed by atoms with Gasteiger partial charge in [-0.05, 0) is 62.1 Å². The summed E-state index contributed by atoms with van der Waals surface area (Å²) in [5.41, 5.74) is 15.6. The van der Waals surface area contributed by atoms with Crippen molar-refractivity contribution in [2.24, 2.45) is 0 Å². The maximum Gasteiger partial charge on any atom is 0.278 e. The number of aliphatic hydroxyl groups is 4. The first kappa shape index (κ1) is 68.2. The Morgan fingerprint density at radius 3 is 1.42 bits per heavy atom. The molecule has 0 aromatic carbocycles. The number of anilines is 9. The average Bonchev–Trinajstić information content (AvgIpc) is 3.28. The predicted molar refractivity (Wildman–Crippen MR) is 323 cm³/mol. The molecule has 0 unspecified atom stereocenters. The second-order valence-corrected chi connectivity index (χ2v) is 41.7. The zero-order chi connectivity index (χ0) is 61.0. The SMILES string of the molecule is CC(=O)N1C[C@H]([C@@H](O)[C@H](C)O)N(C(C)=O)c2c1nc(N)[nH]c2=O.CC(C)(C)[Si](C)(C)Cl.C[C@H](O)[C@H](O)[C@H]1CNc2nc(N)[nH]c(=O)c2N1.C[C@H](O[Si](C)(C)C(C)(C)C)[C@@H](O[Si](C)(C)C(C)(C)C)[C@H]1CNc2nc(N)[nH]c(=O)c2N1. The molecule has 3 aromatic heterocycles. The molecular formula is C49H92ClN15O11Si3. The third kappa shape index (κ3) is 17.2. The molecule has 26 nitrogen and oxygen atoms in total. The van der Waals surface area contributed by atoms with Gasteiger partial charge in [0.15, 0.2) is 47.2 Å². The third-order valence-electron chi connectivity index (χ3n) is 15.3. The van der Waals surface area contributed by atoms with Crippen molar-refractivity contribution in [2.75, 3.05) is 67.9 Å². The lowest BCUT2D eigenvalue weighted by atomic mass is 10.0. The number of carbonyl (C=O) groups is 2. The Hall–Kier alpha value is -5.12. The van der Waals surface area contributed by atoms with Crippen LogP contribution in [0.25, 0.3) is 0 Å². The summed E-state index contributed by atoms with van der Waals surface area (Å²) < 4.78 is 13.7. The highest BCUT2D eigenvalue weighted by Crippen LogP contribution is 2.42. The lowest BCUT2D eigenvalue weighted by Gasteiger charge is -2.47. The Kier molecular flexibility index (Phi) is 22.2. The van der Waals surface area contributed by atoms with Crippen molar-refractivity contribution in [3.8, 4) is 0 Å². The van der Waals surface area contributed by atoms with Crippen LogP contribution >= 0.6 is 11.1 Å². The van der Waals surface area contributed by atoms with E-state index in [4.69, 9.17) is 37.1 Å². The summed E-state index contributed by atoms with van der Waals surface area (Å²) in [6.07, 6.45) is -4.77. The van der Waals surface area contributed by atoms with Gasteiger partial charge in [0, 0.05) is 26.9 Å². The van der Waals surface area contributed by atoms with Crippen LogP contribution in [0.5, 0.6) is 0 Å². The van der Waals surface area contributed by atoms with Crippen LogP contribution in [-0.2, 0) is 18.4 Å². The number of hydrogen-bond acceptors (Lipinski definition) is 21. The van der Waals surface area contributed by atoms with Gasteiger partial charge in [-0.15, -0.1) is 0 Å². The van der Waals surface area contributed by atoms with Gasteiger partial charge in [-0.25, -0.2) is 0 Å². The van der Waals surface area contributed by atoms with Crippen molar-refractivity contribution in [1.29, 1.82) is 0 Å². The Labute approximate surface area is 471 Å². The van der Waals surface area contributed by atoms with E-state index in [1.165, 1.54) is 27.7 Å². The molecule has 30 heteroatoms. The van der Waals surface area contributed by atoms with Crippen LogP contribution in [0.1, 0.15) is 96.9 Å². The molecular weight excluding hydrogens is 1090 g/mol. The van der Waals surface area contributed by atoms with Crippen molar-refractivity contribution in [1.82, 2.24) is 29.9 Å². The molecule has 0 radical (unpaired) electrons. The summed E-state index contributed by atoms with van der Waals surface area (Å²) in [7, 11) is -5.51. The van der Waals surface area contributed by atoms with Gasteiger partial charge in [0.25, 0.3) is 16.7 Å². The molecule has 3 aromatic rings. The van der Waals surface area contributed by atoms with Crippen LogP contribution in [-0.4, -0.2) is 161 Å².